The maximum absolute atomic E-state index is 11.8. The molecule has 8 heteroatoms. The number of nitrogens with zero attached hydrogens (tertiary/aromatic N) is 1. The van der Waals surface area contributed by atoms with Crippen LogP contribution in [0.2, 0.25) is 0 Å². The predicted octanol–water partition coefficient (Wildman–Crippen LogP) is 2.06. The summed E-state index contributed by atoms with van der Waals surface area (Å²) in [6.07, 6.45) is 1.33. The fraction of sp³-hybridized carbons (Fsp3) is 0.385. The molecule has 0 aliphatic heterocycles. The van der Waals surface area contributed by atoms with Crippen LogP contribution in [0.4, 0.5) is 0 Å². The third-order valence-corrected chi connectivity index (χ3v) is 4.48. The van der Waals surface area contributed by atoms with Crippen LogP contribution in [0.3, 0.4) is 0 Å². The van der Waals surface area contributed by atoms with E-state index < -0.39 is 9.84 Å². The fourth-order valence-corrected chi connectivity index (χ4v) is 3.27. The summed E-state index contributed by atoms with van der Waals surface area (Å²) in [6, 6.07) is 4.95. The molecule has 1 aromatic carbocycles. The average Bonchev–Trinajstić information content (AvgIpc) is 2.70. The lowest BCUT2D eigenvalue weighted by Crippen LogP contribution is -2.09. The van der Waals surface area contributed by atoms with Crippen LogP contribution in [-0.4, -0.2) is 36.8 Å². The van der Waals surface area contributed by atoms with Crippen LogP contribution in [0.1, 0.15) is 13.3 Å². The molecule has 0 radical (unpaired) electrons. The van der Waals surface area contributed by atoms with Crippen molar-refractivity contribution in [1.29, 1.82) is 0 Å². The Hall–Kier alpha value is -1.67. The van der Waals surface area contributed by atoms with Crippen LogP contribution in [0, 0.1) is 4.77 Å². The molecule has 2 aromatic rings. The quantitative estimate of drug-likeness (QED) is 0.671. The maximum atomic E-state index is 11.8. The Morgan fingerprint density at radius 2 is 2.14 bits per heavy atom. The number of aromatic amines is 1. The largest absolute Gasteiger partial charge is 0.466 e. The van der Waals surface area contributed by atoms with Crippen LogP contribution < -0.4 is 0 Å². The molecule has 6 nitrogen and oxygen atoms in total. The smallest absolute Gasteiger partial charge is 0.307 e. The molecule has 0 amide bonds. The maximum Gasteiger partial charge on any atom is 0.307 e. The SMILES string of the molecule is CCOC(=O)CCn1c(=S)[nH]c2c(S(C)(=O)=O)cccc21. The number of hydrogen-bond donors (Lipinski definition) is 1. The summed E-state index contributed by atoms with van der Waals surface area (Å²) < 4.78 is 30.5. The van der Waals surface area contributed by atoms with Gasteiger partial charge in [0.15, 0.2) is 14.6 Å². The van der Waals surface area contributed by atoms with Crippen molar-refractivity contribution < 1.29 is 17.9 Å². The van der Waals surface area contributed by atoms with Crippen molar-refractivity contribution in [3.8, 4) is 0 Å². The number of aryl methyl sites for hydroxylation is 1. The Kier molecular flexibility index (Phi) is 4.48. The number of carbonyl (C=O) groups is 1. The number of H-pyrrole nitrogens is 1. The Morgan fingerprint density at radius 1 is 1.43 bits per heavy atom. The minimum Gasteiger partial charge on any atom is -0.466 e. The number of sulfone groups is 1. The highest BCUT2D eigenvalue weighted by molar-refractivity contribution is 7.91. The van der Waals surface area contributed by atoms with Crippen LogP contribution in [0.15, 0.2) is 23.1 Å². The van der Waals surface area contributed by atoms with Gasteiger partial charge in [0, 0.05) is 12.8 Å². The molecule has 0 bridgehead atoms. The first-order chi connectivity index (χ1) is 9.84. The Bertz CT molecular complexity index is 833. The molecule has 0 aliphatic rings. The van der Waals surface area contributed by atoms with Gasteiger partial charge in [-0.05, 0) is 31.3 Å². The van der Waals surface area contributed by atoms with E-state index in [4.69, 9.17) is 17.0 Å². The highest BCUT2D eigenvalue weighted by Crippen LogP contribution is 2.22. The lowest BCUT2D eigenvalue weighted by atomic mass is 10.3. The first kappa shape index (κ1) is 15.7. The highest BCUT2D eigenvalue weighted by atomic mass is 32.2. The molecule has 0 saturated heterocycles. The number of aromatic nitrogens is 2. The number of nitrogens with one attached hydrogen (secondary N) is 1. The van der Waals surface area contributed by atoms with Gasteiger partial charge in [-0.2, -0.15) is 0 Å². The monoisotopic (exact) mass is 328 g/mol. The second kappa shape index (κ2) is 5.98. The lowest BCUT2D eigenvalue weighted by molar-refractivity contribution is -0.143. The van der Waals surface area contributed by atoms with Crippen molar-refractivity contribution in [3.63, 3.8) is 0 Å². The molecule has 0 atom stereocenters. The summed E-state index contributed by atoms with van der Waals surface area (Å²) in [4.78, 5) is 14.5. The minimum atomic E-state index is -3.36. The van der Waals surface area contributed by atoms with Gasteiger partial charge in [0.2, 0.25) is 0 Å². The number of imidazole rings is 1. The zero-order chi connectivity index (χ0) is 15.6. The molecule has 0 fully saturated rings. The Balaban J connectivity index is 2.45. The molecule has 1 heterocycles. The molecule has 0 spiro atoms. The van der Waals surface area contributed by atoms with E-state index in [0.29, 0.717) is 29.0 Å². The zero-order valence-electron chi connectivity index (χ0n) is 11.8. The second-order valence-corrected chi connectivity index (χ2v) is 6.93. The van der Waals surface area contributed by atoms with Gasteiger partial charge >= 0.3 is 5.97 Å². The van der Waals surface area contributed by atoms with Crippen LogP contribution in [-0.2, 0) is 25.9 Å². The highest BCUT2D eigenvalue weighted by Gasteiger charge is 2.16. The van der Waals surface area contributed by atoms with Gasteiger partial charge in [0.25, 0.3) is 0 Å². The minimum absolute atomic E-state index is 0.179. The van der Waals surface area contributed by atoms with Gasteiger partial charge in [-0.25, -0.2) is 8.42 Å². The number of ether oxygens (including phenoxy) is 1. The number of para-hydroxylation sites is 1. The van der Waals surface area contributed by atoms with Gasteiger partial charge < -0.3 is 14.3 Å². The molecular weight excluding hydrogens is 312 g/mol. The van der Waals surface area contributed by atoms with Gasteiger partial charge in [0.1, 0.15) is 0 Å². The summed E-state index contributed by atoms with van der Waals surface area (Å²) in [7, 11) is -3.36. The molecule has 0 aliphatic carbocycles. The molecule has 0 unspecified atom stereocenters. The normalized spacial score (nSPS) is 11.7. The van der Waals surface area contributed by atoms with Crippen molar-refractivity contribution in [2.24, 2.45) is 0 Å². The van der Waals surface area contributed by atoms with E-state index in [2.05, 4.69) is 4.98 Å². The first-order valence-corrected chi connectivity index (χ1v) is 8.71. The van der Waals surface area contributed by atoms with Crippen LogP contribution >= 0.6 is 12.2 Å². The Morgan fingerprint density at radius 3 is 2.76 bits per heavy atom. The third kappa shape index (κ3) is 3.33. The van der Waals surface area contributed by atoms with Crippen molar-refractivity contribution in [1.82, 2.24) is 9.55 Å². The van der Waals surface area contributed by atoms with Crippen molar-refractivity contribution >= 4 is 39.1 Å². The van der Waals surface area contributed by atoms with E-state index in [0.717, 1.165) is 6.26 Å². The number of rotatable bonds is 5. The standard InChI is InChI=1S/C13H16N2O4S2/c1-3-19-11(16)7-8-15-9-5-4-6-10(21(2,17)18)12(9)14-13(15)20/h4-6H,3,7-8H2,1-2H3,(H,14,20). The lowest BCUT2D eigenvalue weighted by Gasteiger charge is -2.05. The number of fused-ring (bicyclic) bond motifs is 1. The molecule has 114 valence electrons. The van der Waals surface area contributed by atoms with E-state index >= 15 is 0 Å². The fourth-order valence-electron chi connectivity index (χ4n) is 2.12. The van der Waals surface area contributed by atoms with E-state index in [-0.39, 0.29) is 17.3 Å². The first-order valence-electron chi connectivity index (χ1n) is 6.41. The topological polar surface area (TPSA) is 81.2 Å². The summed E-state index contributed by atoms with van der Waals surface area (Å²) in [6.45, 7) is 2.41. The molecule has 21 heavy (non-hydrogen) atoms. The summed E-state index contributed by atoms with van der Waals surface area (Å²) in [5.74, 6) is -0.312. The molecule has 1 aromatic heterocycles. The van der Waals surface area contributed by atoms with Crippen molar-refractivity contribution in [2.45, 2.75) is 24.8 Å². The molecular formula is C13H16N2O4S2. The average molecular weight is 328 g/mol. The van der Waals surface area contributed by atoms with Crippen LogP contribution in [0.25, 0.3) is 11.0 Å². The predicted molar refractivity (Wildman–Crippen MR) is 81.5 cm³/mol. The summed E-state index contributed by atoms with van der Waals surface area (Å²) >= 11 is 5.21. The van der Waals surface area contributed by atoms with E-state index in [1.54, 1.807) is 23.6 Å². The Labute approximate surface area is 127 Å². The van der Waals surface area contributed by atoms with Gasteiger partial charge in [-0.3, -0.25) is 4.79 Å². The third-order valence-electron chi connectivity index (χ3n) is 3.02. The van der Waals surface area contributed by atoms with E-state index in [9.17, 15) is 13.2 Å². The molecule has 1 N–H and O–H groups in total. The molecule has 0 saturated carbocycles. The number of hydrogen-bond acceptors (Lipinski definition) is 5. The summed E-state index contributed by atoms with van der Waals surface area (Å²) in [5, 5.41) is 0. The van der Waals surface area contributed by atoms with Gasteiger partial charge in [0.05, 0.1) is 29.0 Å². The van der Waals surface area contributed by atoms with E-state index in [1.165, 1.54) is 6.07 Å². The second-order valence-electron chi connectivity index (χ2n) is 4.56. The van der Waals surface area contributed by atoms with E-state index in [1.807, 2.05) is 0 Å². The molecule has 2 rings (SSSR count). The van der Waals surface area contributed by atoms with Gasteiger partial charge in [-0.15, -0.1) is 0 Å². The number of carbonyl (C=O) groups excluding carboxylic acids is 1. The van der Waals surface area contributed by atoms with Gasteiger partial charge in [-0.1, -0.05) is 6.07 Å². The number of esters is 1. The zero-order valence-corrected chi connectivity index (χ0v) is 13.4. The number of benzene rings is 1. The van der Waals surface area contributed by atoms with Crippen molar-refractivity contribution in [2.75, 3.05) is 12.9 Å². The van der Waals surface area contributed by atoms with Crippen LogP contribution in [0.5, 0.6) is 0 Å². The van der Waals surface area contributed by atoms with Crippen molar-refractivity contribution in [3.05, 3.63) is 23.0 Å². The summed E-state index contributed by atoms with van der Waals surface area (Å²) in [5.41, 5.74) is 1.13.